The molecule has 0 amide bonds. The molecule has 0 atom stereocenters. The van der Waals surface area contributed by atoms with E-state index in [2.05, 4.69) is 20.8 Å². The standard InChI is InChI=1S/C8H17N/c1-7(2,9)6-8(3)4-5-8/h4-6,9H2,1-3H3. The molecular weight excluding hydrogens is 110 g/mol. The molecule has 0 aromatic carbocycles. The lowest BCUT2D eigenvalue weighted by molar-refractivity contribution is 0.365. The molecule has 1 nitrogen and oxygen atoms in total. The molecule has 9 heavy (non-hydrogen) atoms. The summed E-state index contributed by atoms with van der Waals surface area (Å²) in [6.07, 6.45) is 3.95. The predicted octanol–water partition coefficient (Wildman–Crippen LogP) is 1.91. The van der Waals surface area contributed by atoms with Crippen LogP contribution in [0.5, 0.6) is 0 Å². The lowest BCUT2D eigenvalue weighted by Gasteiger charge is -2.22. The summed E-state index contributed by atoms with van der Waals surface area (Å²) in [4.78, 5) is 0. The first-order valence-electron chi connectivity index (χ1n) is 3.70. The molecule has 1 aliphatic carbocycles. The van der Waals surface area contributed by atoms with Gasteiger partial charge in [-0.3, -0.25) is 0 Å². The van der Waals surface area contributed by atoms with Gasteiger partial charge in [-0.2, -0.15) is 0 Å². The van der Waals surface area contributed by atoms with Gasteiger partial charge < -0.3 is 5.73 Å². The van der Waals surface area contributed by atoms with Crippen LogP contribution in [0.1, 0.15) is 40.0 Å². The highest BCUT2D eigenvalue weighted by Gasteiger charge is 2.40. The van der Waals surface area contributed by atoms with Gasteiger partial charge in [0.05, 0.1) is 0 Å². The molecular formula is C8H17N. The largest absolute Gasteiger partial charge is 0.326 e. The van der Waals surface area contributed by atoms with Crippen molar-refractivity contribution in [3.8, 4) is 0 Å². The Kier molecular flexibility index (Phi) is 1.35. The third kappa shape index (κ3) is 2.35. The summed E-state index contributed by atoms with van der Waals surface area (Å²) in [5.41, 5.74) is 6.52. The molecule has 0 radical (unpaired) electrons. The Balaban J connectivity index is 2.33. The summed E-state index contributed by atoms with van der Waals surface area (Å²) in [6, 6.07) is 0. The fourth-order valence-corrected chi connectivity index (χ4v) is 1.49. The van der Waals surface area contributed by atoms with Gasteiger partial charge in [0.2, 0.25) is 0 Å². The molecule has 1 saturated carbocycles. The number of hydrogen-bond acceptors (Lipinski definition) is 1. The molecule has 1 aliphatic rings. The van der Waals surface area contributed by atoms with Gasteiger partial charge in [-0.05, 0) is 38.5 Å². The summed E-state index contributed by atoms with van der Waals surface area (Å²) in [6.45, 7) is 6.54. The van der Waals surface area contributed by atoms with Gasteiger partial charge in [-0.1, -0.05) is 6.92 Å². The normalized spacial score (nSPS) is 24.0. The third-order valence-electron chi connectivity index (χ3n) is 1.99. The summed E-state index contributed by atoms with van der Waals surface area (Å²) in [7, 11) is 0. The second-order valence-corrected chi connectivity index (χ2v) is 4.48. The van der Waals surface area contributed by atoms with E-state index in [1.54, 1.807) is 0 Å². The Morgan fingerprint density at radius 2 is 1.89 bits per heavy atom. The van der Waals surface area contributed by atoms with Gasteiger partial charge in [-0.25, -0.2) is 0 Å². The molecule has 0 heterocycles. The molecule has 0 aromatic rings. The molecule has 0 unspecified atom stereocenters. The van der Waals surface area contributed by atoms with E-state index in [4.69, 9.17) is 5.73 Å². The maximum atomic E-state index is 5.86. The van der Waals surface area contributed by atoms with Gasteiger partial charge in [0.15, 0.2) is 0 Å². The molecule has 0 bridgehead atoms. The van der Waals surface area contributed by atoms with Crippen molar-refractivity contribution in [3.05, 3.63) is 0 Å². The molecule has 1 heteroatoms. The minimum absolute atomic E-state index is 0.0469. The zero-order chi connectivity index (χ0) is 7.12. The SMILES string of the molecule is CC(C)(N)CC1(C)CC1. The molecule has 1 fully saturated rings. The van der Waals surface area contributed by atoms with Gasteiger partial charge in [-0.15, -0.1) is 0 Å². The second kappa shape index (κ2) is 1.72. The van der Waals surface area contributed by atoms with Crippen molar-refractivity contribution in [2.45, 2.75) is 45.6 Å². The Morgan fingerprint density at radius 1 is 1.44 bits per heavy atom. The summed E-state index contributed by atoms with van der Waals surface area (Å²) in [5.74, 6) is 0. The first kappa shape index (κ1) is 7.07. The molecule has 0 aromatic heterocycles. The van der Waals surface area contributed by atoms with Crippen LogP contribution in [0, 0.1) is 5.41 Å². The topological polar surface area (TPSA) is 26.0 Å². The van der Waals surface area contributed by atoms with Crippen LogP contribution in [-0.2, 0) is 0 Å². The van der Waals surface area contributed by atoms with E-state index in [0.29, 0.717) is 5.41 Å². The Labute approximate surface area is 57.6 Å². The minimum atomic E-state index is 0.0469. The molecule has 0 spiro atoms. The minimum Gasteiger partial charge on any atom is -0.326 e. The van der Waals surface area contributed by atoms with Crippen LogP contribution in [0.25, 0.3) is 0 Å². The van der Waals surface area contributed by atoms with Crippen LogP contribution in [0.3, 0.4) is 0 Å². The summed E-state index contributed by atoms with van der Waals surface area (Å²) in [5, 5.41) is 0. The zero-order valence-electron chi connectivity index (χ0n) is 6.70. The van der Waals surface area contributed by atoms with Crippen molar-refractivity contribution in [2.75, 3.05) is 0 Å². The van der Waals surface area contributed by atoms with Crippen molar-refractivity contribution in [1.29, 1.82) is 0 Å². The van der Waals surface area contributed by atoms with Crippen molar-refractivity contribution >= 4 is 0 Å². The number of nitrogens with two attached hydrogens (primary N) is 1. The number of hydrogen-bond donors (Lipinski definition) is 1. The van der Waals surface area contributed by atoms with Crippen molar-refractivity contribution in [1.82, 2.24) is 0 Å². The molecule has 54 valence electrons. The van der Waals surface area contributed by atoms with E-state index in [1.807, 2.05) is 0 Å². The van der Waals surface area contributed by atoms with E-state index < -0.39 is 0 Å². The van der Waals surface area contributed by atoms with Crippen LogP contribution in [0.2, 0.25) is 0 Å². The highest BCUT2D eigenvalue weighted by Crippen LogP contribution is 2.50. The predicted molar refractivity (Wildman–Crippen MR) is 40.2 cm³/mol. The van der Waals surface area contributed by atoms with Crippen molar-refractivity contribution in [2.24, 2.45) is 11.1 Å². The van der Waals surface area contributed by atoms with Crippen LogP contribution in [-0.4, -0.2) is 5.54 Å². The van der Waals surface area contributed by atoms with E-state index >= 15 is 0 Å². The van der Waals surface area contributed by atoms with E-state index in [-0.39, 0.29) is 5.54 Å². The lowest BCUT2D eigenvalue weighted by atomic mass is 9.91. The van der Waals surface area contributed by atoms with E-state index in [1.165, 1.54) is 19.3 Å². The monoisotopic (exact) mass is 127 g/mol. The van der Waals surface area contributed by atoms with Gasteiger partial charge in [0.25, 0.3) is 0 Å². The van der Waals surface area contributed by atoms with Crippen LogP contribution >= 0.6 is 0 Å². The zero-order valence-corrected chi connectivity index (χ0v) is 6.70. The third-order valence-corrected chi connectivity index (χ3v) is 1.99. The van der Waals surface area contributed by atoms with Crippen LogP contribution in [0.15, 0.2) is 0 Å². The highest BCUT2D eigenvalue weighted by molar-refractivity contribution is 4.94. The average molecular weight is 127 g/mol. The Bertz CT molecular complexity index is 103. The first-order valence-corrected chi connectivity index (χ1v) is 3.70. The van der Waals surface area contributed by atoms with Crippen LogP contribution in [0.4, 0.5) is 0 Å². The summed E-state index contributed by atoms with van der Waals surface area (Å²) < 4.78 is 0. The molecule has 2 N–H and O–H groups in total. The fourth-order valence-electron chi connectivity index (χ4n) is 1.49. The van der Waals surface area contributed by atoms with Crippen molar-refractivity contribution in [3.63, 3.8) is 0 Å². The Hall–Kier alpha value is -0.0400. The van der Waals surface area contributed by atoms with Gasteiger partial charge in [0.1, 0.15) is 0 Å². The molecule has 0 aliphatic heterocycles. The second-order valence-electron chi connectivity index (χ2n) is 4.48. The molecule has 0 saturated heterocycles. The quantitative estimate of drug-likeness (QED) is 0.602. The maximum Gasteiger partial charge on any atom is 0.0102 e. The fraction of sp³-hybridized carbons (Fsp3) is 1.00. The van der Waals surface area contributed by atoms with Crippen molar-refractivity contribution < 1.29 is 0 Å². The molecule has 1 rings (SSSR count). The van der Waals surface area contributed by atoms with Gasteiger partial charge >= 0.3 is 0 Å². The average Bonchev–Trinajstić information content (AvgIpc) is 2.12. The smallest absolute Gasteiger partial charge is 0.0102 e. The van der Waals surface area contributed by atoms with E-state index in [9.17, 15) is 0 Å². The van der Waals surface area contributed by atoms with Gasteiger partial charge in [0, 0.05) is 5.54 Å². The Morgan fingerprint density at radius 3 is 2.00 bits per heavy atom. The van der Waals surface area contributed by atoms with Crippen LogP contribution < -0.4 is 5.73 Å². The number of rotatable bonds is 2. The highest BCUT2D eigenvalue weighted by atomic mass is 14.7. The summed E-state index contributed by atoms with van der Waals surface area (Å²) >= 11 is 0. The maximum absolute atomic E-state index is 5.86. The lowest BCUT2D eigenvalue weighted by Crippen LogP contribution is -2.34. The first-order chi connectivity index (χ1) is 3.91. The van der Waals surface area contributed by atoms with E-state index in [0.717, 1.165) is 0 Å².